The molecule has 1 aromatic rings. The van der Waals surface area contributed by atoms with E-state index in [-0.39, 0.29) is 22.9 Å². The van der Waals surface area contributed by atoms with Crippen LogP contribution in [0.2, 0.25) is 0 Å². The van der Waals surface area contributed by atoms with E-state index in [4.69, 9.17) is 10.5 Å². The van der Waals surface area contributed by atoms with Crippen LogP contribution in [0.4, 0.5) is 5.69 Å². The average Bonchev–Trinajstić information content (AvgIpc) is 2.30. The Morgan fingerprint density at radius 2 is 2.05 bits per heavy atom. The summed E-state index contributed by atoms with van der Waals surface area (Å²) in [5, 5.41) is 9.28. The zero-order valence-corrected chi connectivity index (χ0v) is 12.1. The standard InChI is InChI=1S/C12H20N2O4S/c1-4-18-12(2,3)8-14-19(16,17)9-5-6-11(15)10(13)7-9/h5-7,14-15H,4,8,13H2,1-3H3. The Morgan fingerprint density at radius 3 is 2.58 bits per heavy atom. The number of nitrogens with one attached hydrogen (secondary N) is 1. The molecule has 1 aromatic carbocycles. The van der Waals surface area contributed by atoms with Gasteiger partial charge in [0.15, 0.2) is 0 Å². The molecule has 108 valence electrons. The van der Waals surface area contributed by atoms with Crippen molar-refractivity contribution in [3.05, 3.63) is 18.2 Å². The van der Waals surface area contributed by atoms with E-state index in [0.717, 1.165) is 0 Å². The minimum absolute atomic E-state index is 0.00935. The number of hydrogen-bond donors (Lipinski definition) is 3. The molecule has 0 aliphatic carbocycles. The number of ether oxygens (including phenoxy) is 1. The third kappa shape index (κ3) is 4.38. The van der Waals surface area contributed by atoms with Gasteiger partial charge in [-0.25, -0.2) is 13.1 Å². The van der Waals surface area contributed by atoms with Crippen LogP contribution in [-0.4, -0.2) is 32.3 Å². The number of anilines is 1. The number of aromatic hydroxyl groups is 1. The van der Waals surface area contributed by atoms with Gasteiger partial charge in [-0.2, -0.15) is 0 Å². The van der Waals surface area contributed by atoms with Crippen molar-refractivity contribution in [1.82, 2.24) is 4.72 Å². The van der Waals surface area contributed by atoms with E-state index in [9.17, 15) is 13.5 Å². The molecule has 0 aromatic heterocycles. The molecule has 0 bridgehead atoms. The quantitative estimate of drug-likeness (QED) is 0.537. The predicted molar refractivity (Wildman–Crippen MR) is 73.4 cm³/mol. The summed E-state index contributed by atoms with van der Waals surface area (Å²) in [4.78, 5) is 0.00935. The van der Waals surface area contributed by atoms with E-state index in [1.807, 2.05) is 6.92 Å². The average molecular weight is 288 g/mol. The van der Waals surface area contributed by atoms with Crippen molar-refractivity contribution in [2.45, 2.75) is 31.3 Å². The number of rotatable bonds is 6. The molecule has 0 heterocycles. The van der Waals surface area contributed by atoms with Crippen molar-refractivity contribution in [1.29, 1.82) is 0 Å². The summed E-state index contributed by atoms with van der Waals surface area (Å²) in [6.07, 6.45) is 0. The molecule has 1 rings (SSSR count). The molecule has 0 aliphatic rings. The highest BCUT2D eigenvalue weighted by molar-refractivity contribution is 7.89. The maximum Gasteiger partial charge on any atom is 0.240 e. The van der Waals surface area contributed by atoms with Crippen LogP contribution >= 0.6 is 0 Å². The van der Waals surface area contributed by atoms with Gasteiger partial charge in [0.25, 0.3) is 0 Å². The van der Waals surface area contributed by atoms with Gasteiger partial charge in [-0.1, -0.05) is 0 Å². The van der Waals surface area contributed by atoms with Gasteiger partial charge in [-0.05, 0) is 39.0 Å². The van der Waals surface area contributed by atoms with Crippen LogP contribution < -0.4 is 10.5 Å². The van der Waals surface area contributed by atoms with Gasteiger partial charge in [-0.3, -0.25) is 0 Å². The van der Waals surface area contributed by atoms with Gasteiger partial charge in [0.2, 0.25) is 10.0 Å². The highest BCUT2D eigenvalue weighted by Crippen LogP contribution is 2.23. The Balaban J connectivity index is 2.84. The van der Waals surface area contributed by atoms with Gasteiger partial charge in [0.05, 0.1) is 16.2 Å². The third-order valence-electron chi connectivity index (χ3n) is 2.53. The molecule has 0 fully saturated rings. The predicted octanol–water partition coefficient (Wildman–Crippen LogP) is 1.07. The van der Waals surface area contributed by atoms with Crippen molar-refractivity contribution in [3.8, 4) is 5.75 Å². The fraction of sp³-hybridized carbons (Fsp3) is 0.500. The number of phenols is 1. The third-order valence-corrected chi connectivity index (χ3v) is 3.93. The minimum Gasteiger partial charge on any atom is -0.506 e. The zero-order chi connectivity index (χ0) is 14.7. The van der Waals surface area contributed by atoms with Crippen molar-refractivity contribution < 1.29 is 18.3 Å². The molecule has 0 aliphatic heterocycles. The SMILES string of the molecule is CCOC(C)(C)CNS(=O)(=O)c1ccc(O)c(N)c1. The normalized spacial score (nSPS) is 12.6. The maximum absolute atomic E-state index is 12.0. The fourth-order valence-electron chi connectivity index (χ4n) is 1.49. The fourth-order valence-corrected chi connectivity index (χ4v) is 2.73. The highest BCUT2D eigenvalue weighted by atomic mass is 32.2. The second-order valence-corrected chi connectivity index (χ2v) is 6.50. The van der Waals surface area contributed by atoms with E-state index in [1.54, 1.807) is 13.8 Å². The van der Waals surface area contributed by atoms with E-state index >= 15 is 0 Å². The highest BCUT2D eigenvalue weighted by Gasteiger charge is 2.22. The van der Waals surface area contributed by atoms with Crippen LogP contribution in [0.1, 0.15) is 20.8 Å². The van der Waals surface area contributed by atoms with E-state index in [0.29, 0.717) is 6.61 Å². The van der Waals surface area contributed by atoms with Gasteiger partial charge in [-0.15, -0.1) is 0 Å². The lowest BCUT2D eigenvalue weighted by Crippen LogP contribution is -2.40. The molecular weight excluding hydrogens is 268 g/mol. The van der Waals surface area contributed by atoms with Crippen molar-refractivity contribution in [2.24, 2.45) is 0 Å². The van der Waals surface area contributed by atoms with Gasteiger partial charge >= 0.3 is 0 Å². The number of phenolic OH excluding ortho intramolecular Hbond substituents is 1. The Morgan fingerprint density at radius 1 is 1.42 bits per heavy atom. The molecule has 0 saturated carbocycles. The van der Waals surface area contributed by atoms with Gasteiger partial charge < -0.3 is 15.6 Å². The number of nitrogen functional groups attached to an aromatic ring is 1. The molecular formula is C12H20N2O4S. The molecule has 0 spiro atoms. The summed E-state index contributed by atoms with van der Waals surface area (Å²) >= 11 is 0. The van der Waals surface area contributed by atoms with Crippen molar-refractivity contribution in [3.63, 3.8) is 0 Å². The summed E-state index contributed by atoms with van der Waals surface area (Å²) < 4.78 is 32.0. The first kappa shape index (κ1) is 15.7. The molecule has 6 nitrogen and oxygen atoms in total. The summed E-state index contributed by atoms with van der Waals surface area (Å²) in [6.45, 7) is 6.08. The molecule has 0 radical (unpaired) electrons. The summed E-state index contributed by atoms with van der Waals surface area (Å²) in [7, 11) is -3.67. The Bertz CT molecular complexity index is 541. The largest absolute Gasteiger partial charge is 0.506 e. The van der Waals surface area contributed by atoms with Crippen LogP contribution in [0.3, 0.4) is 0 Å². The first-order valence-corrected chi connectivity index (χ1v) is 7.38. The first-order valence-electron chi connectivity index (χ1n) is 5.90. The van der Waals surface area contributed by atoms with Crippen LogP contribution in [0.15, 0.2) is 23.1 Å². The lowest BCUT2D eigenvalue weighted by atomic mass is 10.1. The van der Waals surface area contributed by atoms with Crippen molar-refractivity contribution in [2.75, 3.05) is 18.9 Å². The molecule has 0 atom stereocenters. The second kappa shape index (κ2) is 5.77. The van der Waals surface area contributed by atoms with Crippen LogP contribution in [0.25, 0.3) is 0 Å². The molecule has 4 N–H and O–H groups in total. The number of nitrogens with two attached hydrogens (primary N) is 1. The summed E-state index contributed by atoms with van der Waals surface area (Å²) in [5.74, 6) is -0.145. The maximum atomic E-state index is 12.0. The Labute approximate surface area is 113 Å². The number of hydrogen-bond acceptors (Lipinski definition) is 5. The van der Waals surface area contributed by atoms with Crippen LogP contribution in [0.5, 0.6) is 5.75 Å². The smallest absolute Gasteiger partial charge is 0.240 e. The molecule has 0 saturated heterocycles. The molecule has 7 heteroatoms. The van der Waals surface area contributed by atoms with E-state index in [2.05, 4.69) is 4.72 Å². The van der Waals surface area contributed by atoms with Gasteiger partial charge in [0.1, 0.15) is 5.75 Å². The first-order chi connectivity index (χ1) is 8.68. The topological polar surface area (TPSA) is 102 Å². The molecule has 0 amide bonds. The van der Waals surface area contributed by atoms with Gasteiger partial charge in [0, 0.05) is 13.2 Å². The lowest BCUT2D eigenvalue weighted by molar-refractivity contribution is -0.00515. The van der Waals surface area contributed by atoms with Crippen molar-refractivity contribution >= 4 is 15.7 Å². The monoisotopic (exact) mass is 288 g/mol. The summed E-state index contributed by atoms with van der Waals surface area (Å²) in [5.41, 5.74) is 4.91. The van der Waals surface area contributed by atoms with E-state index < -0.39 is 15.6 Å². The van der Waals surface area contributed by atoms with E-state index in [1.165, 1.54) is 18.2 Å². The number of benzene rings is 1. The minimum atomic E-state index is -3.67. The zero-order valence-electron chi connectivity index (χ0n) is 11.3. The number of sulfonamides is 1. The molecule has 19 heavy (non-hydrogen) atoms. The second-order valence-electron chi connectivity index (χ2n) is 4.74. The Kier molecular flexibility index (Phi) is 4.78. The lowest BCUT2D eigenvalue weighted by Gasteiger charge is -2.24. The summed E-state index contributed by atoms with van der Waals surface area (Å²) in [6, 6.07) is 3.75. The Hall–Kier alpha value is -1.31. The molecule has 0 unspecified atom stereocenters. The van der Waals surface area contributed by atoms with Crippen LogP contribution in [-0.2, 0) is 14.8 Å². The van der Waals surface area contributed by atoms with Crippen LogP contribution in [0, 0.1) is 0 Å².